The number of carbonyl (C=O) groups excluding carboxylic acids is 1. The number of para-hydroxylation sites is 2. The molecular formula is C21H19N5O2S. The molecule has 0 radical (unpaired) electrons. The van der Waals surface area contributed by atoms with Gasteiger partial charge in [-0.1, -0.05) is 36.0 Å². The number of nitrogens with one attached hydrogen (secondary N) is 1. The second kappa shape index (κ2) is 8.32. The van der Waals surface area contributed by atoms with Gasteiger partial charge < -0.3 is 10.1 Å². The largest absolute Gasteiger partial charge is 0.493 e. The molecule has 0 saturated heterocycles. The van der Waals surface area contributed by atoms with E-state index in [1.54, 1.807) is 16.6 Å². The van der Waals surface area contributed by atoms with Crippen LogP contribution in [0, 0.1) is 6.92 Å². The van der Waals surface area contributed by atoms with Gasteiger partial charge in [-0.05, 0) is 44.2 Å². The molecular weight excluding hydrogens is 386 g/mol. The van der Waals surface area contributed by atoms with E-state index in [0.29, 0.717) is 29.4 Å². The highest BCUT2D eigenvalue weighted by molar-refractivity contribution is 7.99. The van der Waals surface area contributed by atoms with E-state index in [4.69, 9.17) is 4.74 Å². The van der Waals surface area contributed by atoms with Crippen molar-refractivity contribution < 1.29 is 9.53 Å². The van der Waals surface area contributed by atoms with E-state index in [0.717, 1.165) is 15.6 Å². The zero-order chi connectivity index (χ0) is 20.2. The summed E-state index contributed by atoms with van der Waals surface area (Å²) in [6.07, 6.45) is 1.48. The SMILES string of the molecule is CCOc1ccccc1C(=O)Nc1ccccc1Sc1cc(C)nc2ncnn12. The second-order valence-corrected chi connectivity index (χ2v) is 7.25. The predicted molar refractivity (Wildman–Crippen MR) is 112 cm³/mol. The number of aryl methyl sites for hydroxylation is 1. The van der Waals surface area contributed by atoms with E-state index in [-0.39, 0.29) is 5.91 Å². The van der Waals surface area contributed by atoms with Crippen molar-refractivity contribution in [1.82, 2.24) is 19.6 Å². The number of rotatable bonds is 6. The maximum absolute atomic E-state index is 12.9. The van der Waals surface area contributed by atoms with E-state index in [2.05, 4.69) is 20.4 Å². The lowest BCUT2D eigenvalue weighted by atomic mass is 10.2. The average Bonchev–Trinajstić information content (AvgIpc) is 3.18. The molecule has 0 saturated carbocycles. The van der Waals surface area contributed by atoms with Gasteiger partial charge in [0.2, 0.25) is 0 Å². The van der Waals surface area contributed by atoms with Crippen molar-refractivity contribution in [2.75, 3.05) is 11.9 Å². The molecule has 2 aromatic carbocycles. The van der Waals surface area contributed by atoms with Gasteiger partial charge in [0.25, 0.3) is 11.7 Å². The summed E-state index contributed by atoms with van der Waals surface area (Å²) in [5, 5.41) is 8.11. The molecule has 4 rings (SSSR count). The fraction of sp³-hybridized carbons (Fsp3) is 0.143. The van der Waals surface area contributed by atoms with E-state index < -0.39 is 0 Å². The minimum absolute atomic E-state index is 0.223. The van der Waals surface area contributed by atoms with Crippen molar-refractivity contribution in [3.8, 4) is 5.75 Å². The molecule has 7 nitrogen and oxygen atoms in total. The van der Waals surface area contributed by atoms with Gasteiger partial charge in [0.05, 0.1) is 17.9 Å². The molecule has 146 valence electrons. The molecule has 4 aromatic rings. The van der Waals surface area contributed by atoms with Crippen LogP contribution in [0.15, 0.2) is 70.8 Å². The maximum atomic E-state index is 12.9. The first kappa shape index (κ1) is 18.9. The van der Waals surface area contributed by atoms with Crippen molar-refractivity contribution in [1.29, 1.82) is 0 Å². The molecule has 1 N–H and O–H groups in total. The third-order valence-electron chi connectivity index (χ3n) is 4.13. The van der Waals surface area contributed by atoms with Gasteiger partial charge >= 0.3 is 0 Å². The number of hydrogen-bond donors (Lipinski definition) is 1. The first-order chi connectivity index (χ1) is 14.2. The number of benzene rings is 2. The van der Waals surface area contributed by atoms with Gasteiger partial charge in [0, 0.05) is 10.6 Å². The zero-order valence-corrected chi connectivity index (χ0v) is 16.8. The normalized spacial score (nSPS) is 10.8. The summed E-state index contributed by atoms with van der Waals surface area (Å²) in [6.45, 7) is 4.30. The van der Waals surface area contributed by atoms with Gasteiger partial charge in [0.15, 0.2) is 0 Å². The highest BCUT2D eigenvalue weighted by atomic mass is 32.2. The highest BCUT2D eigenvalue weighted by Gasteiger charge is 2.15. The van der Waals surface area contributed by atoms with Crippen molar-refractivity contribution in [3.63, 3.8) is 0 Å². The Kier molecular flexibility index (Phi) is 5.44. The fourth-order valence-electron chi connectivity index (χ4n) is 2.87. The van der Waals surface area contributed by atoms with Crippen molar-refractivity contribution in [2.24, 2.45) is 0 Å². The summed E-state index contributed by atoms with van der Waals surface area (Å²) in [5.41, 5.74) is 2.05. The Hall–Kier alpha value is -3.39. The standard InChI is InChI=1S/C21H19N5O2S/c1-3-28-17-10-6-4-8-15(17)20(27)25-16-9-5-7-11-18(16)29-19-12-14(2)24-21-22-13-23-26(19)21/h4-13H,3H2,1-2H3,(H,25,27). The van der Waals surface area contributed by atoms with Crippen LogP contribution in [0.5, 0.6) is 5.75 Å². The fourth-order valence-corrected chi connectivity index (χ4v) is 3.91. The molecule has 2 heterocycles. The summed E-state index contributed by atoms with van der Waals surface area (Å²) in [7, 11) is 0. The monoisotopic (exact) mass is 405 g/mol. The quantitative estimate of drug-likeness (QED) is 0.483. The molecule has 0 fully saturated rings. The molecule has 0 unspecified atom stereocenters. The average molecular weight is 405 g/mol. The summed E-state index contributed by atoms with van der Waals surface area (Å²) in [6, 6.07) is 16.8. The molecule has 0 aliphatic rings. The number of aromatic nitrogens is 4. The van der Waals surface area contributed by atoms with Crippen LogP contribution in [0.3, 0.4) is 0 Å². The Morgan fingerprint density at radius 2 is 1.97 bits per heavy atom. The minimum Gasteiger partial charge on any atom is -0.493 e. The number of hydrogen-bond acceptors (Lipinski definition) is 6. The van der Waals surface area contributed by atoms with Crippen molar-refractivity contribution >= 4 is 29.1 Å². The number of fused-ring (bicyclic) bond motifs is 1. The Balaban J connectivity index is 1.64. The molecule has 0 bridgehead atoms. The lowest BCUT2D eigenvalue weighted by Crippen LogP contribution is -2.14. The number of anilines is 1. The summed E-state index contributed by atoms with van der Waals surface area (Å²) in [4.78, 5) is 22.3. The molecule has 2 aromatic heterocycles. The lowest BCUT2D eigenvalue weighted by molar-refractivity contribution is 0.102. The van der Waals surface area contributed by atoms with Crippen LogP contribution in [0.2, 0.25) is 0 Å². The molecule has 29 heavy (non-hydrogen) atoms. The van der Waals surface area contributed by atoms with Crippen LogP contribution in [0.1, 0.15) is 23.0 Å². The minimum atomic E-state index is -0.223. The Morgan fingerprint density at radius 3 is 2.83 bits per heavy atom. The number of amides is 1. The molecule has 1 amide bonds. The van der Waals surface area contributed by atoms with E-state index in [1.165, 1.54) is 18.1 Å². The summed E-state index contributed by atoms with van der Waals surface area (Å²) in [5.74, 6) is 0.880. The van der Waals surface area contributed by atoms with Gasteiger partial charge in [-0.2, -0.15) is 14.6 Å². The number of ether oxygens (including phenoxy) is 1. The van der Waals surface area contributed by atoms with Crippen LogP contribution in [-0.4, -0.2) is 32.1 Å². The van der Waals surface area contributed by atoms with Gasteiger partial charge in [-0.15, -0.1) is 0 Å². The van der Waals surface area contributed by atoms with Gasteiger partial charge in [0.1, 0.15) is 17.1 Å². The second-order valence-electron chi connectivity index (χ2n) is 6.19. The molecule has 0 aliphatic heterocycles. The zero-order valence-electron chi connectivity index (χ0n) is 16.0. The summed E-state index contributed by atoms with van der Waals surface area (Å²) < 4.78 is 7.26. The van der Waals surface area contributed by atoms with Crippen LogP contribution >= 0.6 is 11.8 Å². The number of nitrogens with zero attached hydrogens (tertiary/aromatic N) is 4. The van der Waals surface area contributed by atoms with Crippen molar-refractivity contribution in [2.45, 2.75) is 23.8 Å². The van der Waals surface area contributed by atoms with E-state index in [9.17, 15) is 4.79 Å². The highest BCUT2D eigenvalue weighted by Crippen LogP contribution is 2.34. The van der Waals surface area contributed by atoms with Gasteiger partial charge in [-0.25, -0.2) is 4.98 Å². The summed E-state index contributed by atoms with van der Waals surface area (Å²) >= 11 is 1.49. The Bertz CT molecular complexity index is 1170. The smallest absolute Gasteiger partial charge is 0.259 e. The predicted octanol–water partition coefficient (Wildman–Crippen LogP) is 4.23. The van der Waals surface area contributed by atoms with Crippen LogP contribution in [0.4, 0.5) is 5.69 Å². The molecule has 0 atom stereocenters. The van der Waals surface area contributed by atoms with Gasteiger partial charge in [-0.3, -0.25) is 4.79 Å². The van der Waals surface area contributed by atoms with E-state index in [1.807, 2.05) is 56.3 Å². The first-order valence-electron chi connectivity index (χ1n) is 9.13. The number of carbonyl (C=O) groups is 1. The molecule has 8 heteroatoms. The Morgan fingerprint density at radius 1 is 1.17 bits per heavy atom. The van der Waals surface area contributed by atoms with Crippen LogP contribution < -0.4 is 10.1 Å². The van der Waals surface area contributed by atoms with Crippen LogP contribution in [0.25, 0.3) is 5.78 Å². The van der Waals surface area contributed by atoms with Crippen LogP contribution in [-0.2, 0) is 0 Å². The van der Waals surface area contributed by atoms with Crippen molar-refractivity contribution in [3.05, 3.63) is 72.2 Å². The third-order valence-corrected chi connectivity index (χ3v) is 5.20. The van der Waals surface area contributed by atoms with E-state index >= 15 is 0 Å². The molecule has 0 spiro atoms. The Labute approximate surface area is 172 Å². The topological polar surface area (TPSA) is 81.4 Å². The first-order valence-corrected chi connectivity index (χ1v) is 9.95. The maximum Gasteiger partial charge on any atom is 0.259 e. The third kappa shape index (κ3) is 4.07. The lowest BCUT2D eigenvalue weighted by Gasteiger charge is -2.13. The molecule has 0 aliphatic carbocycles.